The summed E-state index contributed by atoms with van der Waals surface area (Å²) in [6, 6.07) is 0. The third-order valence-electron chi connectivity index (χ3n) is 8.44. The Morgan fingerprint density at radius 2 is 1.05 bits per heavy atom. The Morgan fingerprint density at radius 3 is 1.69 bits per heavy atom. The molecule has 58 heavy (non-hydrogen) atoms. The van der Waals surface area contributed by atoms with Crippen LogP contribution in [-0.2, 0) is 41.8 Å². The molecule has 0 fully saturated rings. The van der Waals surface area contributed by atoms with Gasteiger partial charge >= 0.3 is 27.6 Å². The molecule has 16 heteroatoms. The largest absolute Gasteiger partial charge is 0.472 e. The van der Waals surface area contributed by atoms with Crippen molar-refractivity contribution in [2.24, 2.45) is 0 Å². The molecule has 0 aromatic heterocycles. The van der Waals surface area contributed by atoms with E-state index < -0.39 is 66.2 Å². The zero-order valence-corrected chi connectivity index (χ0v) is 36.8. The van der Waals surface area contributed by atoms with Crippen LogP contribution in [0.4, 0.5) is 0 Å². The third-order valence-corrected chi connectivity index (χ3v) is 9.88. The van der Waals surface area contributed by atoms with Crippen LogP contribution in [0, 0.1) is 0 Å². The van der Waals surface area contributed by atoms with Crippen molar-refractivity contribution in [3.05, 3.63) is 60.8 Å². The van der Waals surface area contributed by atoms with Crippen molar-refractivity contribution in [2.75, 3.05) is 26.4 Å². The monoisotopic (exact) mass is 864 g/mol. The molecular formula is C42H74O14P2. The first kappa shape index (κ1) is 55.8. The van der Waals surface area contributed by atoms with E-state index in [1.54, 1.807) is 0 Å². The number of rotatable bonds is 39. The quantitative estimate of drug-likeness (QED) is 0.0168. The van der Waals surface area contributed by atoms with Gasteiger partial charge in [-0.05, 0) is 70.6 Å². The molecule has 0 bridgehead atoms. The first-order valence-corrected chi connectivity index (χ1v) is 24.1. The zero-order valence-electron chi connectivity index (χ0n) is 35.0. The van der Waals surface area contributed by atoms with E-state index in [0.29, 0.717) is 19.3 Å². The van der Waals surface area contributed by atoms with E-state index in [2.05, 4.69) is 59.4 Å². The molecule has 0 saturated carbocycles. The number of phosphoric ester groups is 2. The summed E-state index contributed by atoms with van der Waals surface area (Å²) in [5.41, 5.74) is 0. The highest BCUT2D eigenvalue weighted by molar-refractivity contribution is 7.47. The summed E-state index contributed by atoms with van der Waals surface area (Å²) in [6.45, 7) is 1.49. The lowest BCUT2D eigenvalue weighted by molar-refractivity contribution is -0.161. The lowest BCUT2D eigenvalue weighted by atomic mass is 10.1. The molecule has 0 aliphatic carbocycles. The minimum atomic E-state index is -4.87. The number of ether oxygens (including phenoxy) is 2. The molecule has 14 nitrogen and oxygen atoms in total. The highest BCUT2D eigenvalue weighted by atomic mass is 31.2. The fourth-order valence-corrected chi connectivity index (χ4v) is 6.33. The van der Waals surface area contributed by atoms with Gasteiger partial charge in [0.15, 0.2) is 6.10 Å². The fraction of sp³-hybridized carbons (Fsp3) is 0.714. The molecule has 0 rings (SSSR count). The van der Waals surface area contributed by atoms with Crippen molar-refractivity contribution >= 4 is 27.6 Å². The molecule has 4 atom stereocenters. The summed E-state index contributed by atoms with van der Waals surface area (Å²) in [5.74, 6) is -1.13. The second kappa shape index (κ2) is 37.8. The van der Waals surface area contributed by atoms with E-state index in [9.17, 15) is 33.8 Å². The van der Waals surface area contributed by atoms with Crippen LogP contribution in [0.1, 0.15) is 149 Å². The Hall–Kier alpha value is -2.22. The van der Waals surface area contributed by atoms with Gasteiger partial charge in [0.25, 0.3) is 0 Å². The molecule has 336 valence electrons. The van der Waals surface area contributed by atoms with Gasteiger partial charge in [-0.25, -0.2) is 9.13 Å². The van der Waals surface area contributed by atoms with Crippen LogP contribution in [0.2, 0.25) is 0 Å². The summed E-state index contributed by atoms with van der Waals surface area (Å²) in [7, 11) is -9.70. The lowest BCUT2D eigenvalue weighted by Crippen LogP contribution is -2.30. The molecule has 0 aliphatic heterocycles. The number of esters is 2. The van der Waals surface area contributed by atoms with Gasteiger partial charge in [-0.1, -0.05) is 126 Å². The fourth-order valence-electron chi connectivity index (χ4n) is 5.18. The maximum Gasteiger partial charge on any atom is 0.472 e. The number of unbranched alkanes of at least 4 members (excludes halogenated alkanes) is 11. The van der Waals surface area contributed by atoms with E-state index in [0.717, 1.165) is 77.0 Å². The highest BCUT2D eigenvalue weighted by Crippen LogP contribution is 2.43. The minimum Gasteiger partial charge on any atom is -0.462 e. The molecule has 0 saturated heterocycles. The molecule has 5 N–H and O–H groups in total. The van der Waals surface area contributed by atoms with Gasteiger partial charge in [-0.15, -0.1) is 0 Å². The van der Waals surface area contributed by atoms with Crippen molar-refractivity contribution in [3.8, 4) is 0 Å². The zero-order chi connectivity index (χ0) is 43.2. The Morgan fingerprint density at radius 1 is 0.552 bits per heavy atom. The number of aliphatic hydroxyl groups is 2. The second-order valence-corrected chi connectivity index (χ2v) is 16.8. The second-order valence-electron chi connectivity index (χ2n) is 14.1. The van der Waals surface area contributed by atoms with Crippen LogP contribution in [-0.4, -0.2) is 81.6 Å². The van der Waals surface area contributed by atoms with Crippen molar-refractivity contribution in [1.82, 2.24) is 0 Å². The molecule has 0 spiro atoms. The van der Waals surface area contributed by atoms with Crippen LogP contribution in [0.5, 0.6) is 0 Å². The van der Waals surface area contributed by atoms with Crippen LogP contribution in [0.25, 0.3) is 0 Å². The number of carbonyl (C=O) groups excluding carboxylic acids is 2. The first-order valence-electron chi connectivity index (χ1n) is 21.1. The predicted molar refractivity (Wildman–Crippen MR) is 227 cm³/mol. The van der Waals surface area contributed by atoms with E-state index in [1.165, 1.54) is 25.7 Å². The van der Waals surface area contributed by atoms with Crippen LogP contribution in [0.3, 0.4) is 0 Å². The van der Waals surface area contributed by atoms with E-state index in [4.69, 9.17) is 23.8 Å². The van der Waals surface area contributed by atoms with Crippen molar-refractivity contribution in [1.29, 1.82) is 0 Å². The number of hydrogen-bond donors (Lipinski definition) is 5. The number of hydrogen-bond acceptors (Lipinski definition) is 11. The molecule has 0 aliphatic rings. The Bertz CT molecular complexity index is 1280. The molecular weight excluding hydrogens is 790 g/mol. The Labute approximate surface area is 347 Å². The maximum atomic E-state index is 12.6. The Kier molecular flexibility index (Phi) is 36.3. The van der Waals surface area contributed by atoms with Crippen molar-refractivity contribution in [3.63, 3.8) is 0 Å². The summed E-state index contributed by atoms with van der Waals surface area (Å²) < 4.78 is 47.6. The molecule has 0 amide bonds. The number of allylic oxidation sites excluding steroid dienone is 9. The smallest absolute Gasteiger partial charge is 0.462 e. The van der Waals surface area contributed by atoms with Crippen molar-refractivity contribution < 1.29 is 66.7 Å². The van der Waals surface area contributed by atoms with Crippen LogP contribution < -0.4 is 0 Å². The van der Waals surface area contributed by atoms with Crippen LogP contribution in [0.15, 0.2) is 60.8 Å². The molecule has 0 aromatic rings. The minimum absolute atomic E-state index is 0.0987. The van der Waals surface area contributed by atoms with E-state index in [-0.39, 0.29) is 18.9 Å². The van der Waals surface area contributed by atoms with E-state index >= 15 is 0 Å². The summed E-state index contributed by atoms with van der Waals surface area (Å²) in [5, 5.41) is 19.5. The van der Waals surface area contributed by atoms with Gasteiger partial charge < -0.3 is 34.4 Å². The normalized spacial score (nSPS) is 15.2. The summed E-state index contributed by atoms with van der Waals surface area (Å²) in [4.78, 5) is 52.6. The average molecular weight is 865 g/mol. The topological polar surface area (TPSA) is 216 Å². The van der Waals surface area contributed by atoms with Gasteiger partial charge in [0.05, 0.1) is 25.9 Å². The standard InChI is InChI=1S/C42H74O14P2/c1-3-5-7-8-9-10-11-12-17-20-23-26-29-33-42(46)56-40(37-55-58(50,51)54-35-39(44)34-53-57(47,48)49)36-52-41(45)32-28-25-22-19-16-14-13-15-18-21-24-27-31-38(43)30-6-4-2/h10-11,13-14,18-19,21-22,27,31,38-40,43-44H,3-9,12,15-17,20,23-26,28-30,32-37H2,1-2H3,(H,50,51)(H2,47,48,49)/b11-10-,14-13-,21-18-,22-19-,31-27-/t38-,39-,40+/m0/s1. The molecule has 0 heterocycles. The summed E-state index contributed by atoms with van der Waals surface area (Å²) >= 11 is 0. The number of aliphatic hydroxyl groups excluding tert-OH is 2. The van der Waals surface area contributed by atoms with Gasteiger partial charge in [0.2, 0.25) is 0 Å². The SMILES string of the molecule is CCCCCC/C=C\CCCCCCCC(=O)O[C@H](COC(=O)CCC/C=C\C/C=C\C/C=C\C/C=C\[C@@H](O)CCCC)COP(=O)(O)OC[C@@H](O)COP(=O)(O)O. The lowest BCUT2D eigenvalue weighted by Gasteiger charge is -2.20. The van der Waals surface area contributed by atoms with E-state index in [1.807, 2.05) is 24.3 Å². The molecule has 0 aromatic carbocycles. The van der Waals surface area contributed by atoms with Gasteiger partial charge in [-0.2, -0.15) is 0 Å². The van der Waals surface area contributed by atoms with Crippen molar-refractivity contribution in [2.45, 2.75) is 167 Å². The third kappa shape index (κ3) is 40.6. The number of carbonyl (C=O) groups is 2. The first-order chi connectivity index (χ1) is 27.8. The van der Waals surface area contributed by atoms with Gasteiger partial charge in [-0.3, -0.25) is 23.2 Å². The predicted octanol–water partition coefficient (Wildman–Crippen LogP) is 9.42. The molecule has 1 unspecified atom stereocenters. The Balaban J connectivity index is 4.67. The average Bonchev–Trinajstić information content (AvgIpc) is 3.18. The number of phosphoric acid groups is 2. The highest BCUT2D eigenvalue weighted by Gasteiger charge is 2.28. The summed E-state index contributed by atoms with van der Waals surface area (Å²) in [6.07, 6.45) is 35.6. The maximum absolute atomic E-state index is 12.6. The van der Waals surface area contributed by atoms with Gasteiger partial charge in [0, 0.05) is 12.8 Å². The van der Waals surface area contributed by atoms with Gasteiger partial charge in [0.1, 0.15) is 12.7 Å². The van der Waals surface area contributed by atoms with Crippen LogP contribution >= 0.6 is 15.6 Å². The molecule has 0 radical (unpaired) electrons.